The van der Waals surface area contributed by atoms with Crippen LogP contribution in [-0.2, 0) is 4.79 Å². The summed E-state index contributed by atoms with van der Waals surface area (Å²) in [6.07, 6.45) is 3.27. The molecule has 9 nitrogen and oxygen atoms in total. The number of rotatable bonds is 6. The molecule has 2 aromatic carbocycles. The Morgan fingerprint density at radius 2 is 1.81 bits per heavy atom. The van der Waals surface area contributed by atoms with Crippen LogP contribution in [0, 0.1) is 6.92 Å². The highest BCUT2D eigenvalue weighted by atomic mass is 16.5. The first-order valence-electron chi connectivity index (χ1n) is 11.4. The fourth-order valence-corrected chi connectivity index (χ4v) is 4.29. The molecule has 3 heterocycles. The van der Waals surface area contributed by atoms with Crippen LogP contribution in [0.25, 0.3) is 11.4 Å². The Morgan fingerprint density at radius 1 is 1.03 bits per heavy atom. The quantitative estimate of drug-likeness (QED) is 0.414. The lowest BCUT2D eigenvalue weighted by molar-refractivity contribution is -0.113. The van der Waals surface area contributed by atoms with Gasteiger partial charge in [-0.05, 0) is 43.7 Å². The van der Waals surface area contributed by atoms with Gasteiger partial charge in [-0.15, -0.1) is 5.10 Å². The van der Waals surface area contributed by atoms with Crippen LogP contribution in [0.3, 0.4) is 0 Å². The van der Waals surface area contributed by atoms with E-state index in [1.165, 1.54) is 0 Å². The van der Waals surface area contributed by atoms with Crippen molar-refractivity contribution in [1.29, 1.82) is 0 Å². The highest BCUT2D eigenvalue weighted by Crippen LogP contribution is 2.38. The molecule has 1 aliphatic heterocycles. The third-order valence-corrected chi connectivity index (χ3v) is 5.98. The van der Waals surface area contributed by atoms with E-state index in [0.717, 1.165) is 16.7 Å². The molecule has 1 aliphatic rings. The van der Waals surface area contributed by atoms with Gasteiger partial charge in [0.15, 0.2) is 5.82 Å². The van der Waals surface area contributed by atoms with Crippen LogP contribution in [-0.4, -0.2) is 39.9 Å². The van der Waals surface area contributed by atoms with Gasteiger partial charge in [-0.25, -0.2) is 4.68 Å². The van der Waals surface area contributed by atoms with Crippen molar-refractivity contribution in [3.63, 3.8) is 0 Å². The Labute approximate surface area is 208 Å². The Bertz CT molecular complexity index is 1440. The number of nitrogens with zero attached hydrogens (tertiary/aromatic N) is 4. The van der Waals surface area contributed by atoms with Gasteiger partial charge in [-0.3, -0.25) is 9.78 Å². The summed E-state index contributed by atoms with van der Waals surface area (Å²) in [7, 11) is 3.19. The summed E-state index contributed by atoms with van der Waals surface area (Å²) in [6, 6.07) is 16.6. The summed E-state index contributed by atoms with van der Waals surface area (Å²) in [4.78, 5) is 22.4. The van der Waals surface area contributed by atoms with Crippen LogP contribution < -0.4 is 20.1 Å². The van der Waals surface area contributed by atoms with Gasteiger partial charge < -0.3 is 20.1 Å². The number of hydrogen-bond donors (Lipinski definition) is 2. The standard InChI is InChI=1S/C27H26N6O3/c1-16-7-5-8-18(11-16)24-23(26(34)30-20-9-6-10-28-15-20)17(2)29-27-31-25(32-33(24)27)19-12-21(35-3)14-22(13-19)36-4/h5-15,24H,1-4H3,(H,30,34)(H,29,31,32). The molecule has 1 amide bonds. The number of ether oxygens (including phenoxy) is 2. The number of aryl methyl sites for hydroxylation is 1. The average Bonchev–Trinajstić information content (AvgIpc) is 3.31. The van der Waals surface area contributed by atoms with Gasteiger partial charge in [-0.2, -0.15) is 4.98 Å². The maximum atomic E-state index is 13.6. The number of pyridine rings is 1. The summed E-state index contributed by atoms with van der Waals surface area (Å²) in [5.74, 6) is 2.03. The predicted molar refractivity (Wildman–Crippen MR) is 137 cm³/mol. The molecule has 0 aliphatic carbocycles. The monoisotopic (exact) mass is 482 g/mol. The summed E-state index contributed by atoms with van der Waals surface area (Å²) < 4.78 is 12.6. The highest BCUT2D eigenvalue weighted by Gasteiger charge is 2.34. The first-order chi connectivity index (χ1) is 17.5. The van der Waals surface area contributed by atoms with Crippen LogP contribution in [0.5, 0.6) is 11.5 Å². The van der Waals surface area contributed by atoms with Gasteiger partial charge >= 0.3 is 0 Å². The fourth-order valence-electron chi connectivity index (χ4n) is 4.29. The molecule has 0 bridgehead atoms. The number of methoxy groups -OCH3 is 2. The minimum Gasteiger partial charge on any atom is -0.497 e. The van der Waals surface area contributed by atoms with E-state index in [4.69, 9.17) is 19.6 Å². The molecule has 1 atom stereocenters. The molecule has 0 saturated heterocycles. The molecule has 4 aromatic rings. The van der Waals surface area contributed by atoms with E-state index in [1.807, 2.05) is 44.2 Å². The number of fused-ring (bicyclic) bond motifs is 1. The summed E-state index contributed by atoms with van der Waals surface area (Å²) in [5.41, 5.74) is 4.58. The number of anilines is 2. The Hall–Kier alpha value is -4.66. The van der Waals surface area contributed by atoms with Gasteiger partial charge in [0.2, 0.25) is 5.95 Å². The maximum Gasteiger partial charge on any atom is 0.255 e. The number of amides is 1. The summed E-state index contributed by atoms with van der Waals surface area (Å²) >= 11 is 0. The highest BCUT2D eigenvalue weighted by molar-refractivity contribution is 6.06. The molecular weight excluding hydrogens is 456 g/mol. The first-order valence-corrected chi connectivity index (χ1v) is 11.4. The third kappa shape index (κ3) is 4.38. The molecule has 5 rings (SSSR count). The summed E-state index contributed by atoms with van der Waals surface area (Å²) in [5, 5.41) is 11.1. The number of carbonyl (C=O) groups excluding carboxylic acids is 1. The number of hydrogen-bond acceptors (Lipinski definition) is 7. The summed E-state index contributed by atoms with van der Waals surface area (Å²) in [6.45, 7) is 3.89. The molecule has 2 aromatic heterocycles. The second kappa shape index (κ2) is 9.53. The number of carbonyl (C=O) groups is 1. The SMILES string of the molecule is COc1cc(OC)cc(-c2nc3n(n2)C(c2cccc(C)c2)C(C(=O)Nc2cccnc2)=C(C)N3)c1. The number of benzene rings is 2. The van der Waals surface area contributed by atoms with Crippen molar-refractivity contribution in [1.82, 2.24) is 19.7 Å². The van der Waals surface area contributed by atoms with E-state index in [9.17, 15) is 4.79 Å². The van der Waals surface area contributed by atoms with Crippen LogP contribution in [0.4, 0.5) is 11.6 Å². The Balaban J connectivity index is 1.62. The molecular formula is C27H26N6O3. The van der Waals surface area contributed by atoms with E-state index in [0.29, 0.717) is 40.2 Å². The van der Waals surface area contributed by atoms with Gasteiger partial charge in [-0.1, -0.05) is 29.8 Å². The van der Waals surface area contributed by atoms with E-state index in [1.54, 1.807) is 49.5 Å². The fraction of sp³-hybridized carbons (Fsp3) is 0.185. The molecule has 0 radical (unpaired) electrons. The second-order valence-electron chi connectivity index (χ2n) is 8.48. The normalized spacial score (nSPS) is 14.6. The van der Waals surface area contributed by atoms with Gasteiger partial charge in [0, 0.05) is 23.5 Å². The smallest absolute Gasteiger partial charge is 0.255 e. The molecule has 0 fully saturated rings. The minimum atomic E-state index is -0.494. The largest absolute Gasteiger partial charge is 0.497 e. The maximum absolute atomic E-state index is 13.6. The van der Waals surface area contributed by atoms with Crippen molar-refractivity contribution in [2.75, 3.05) is 24.9 Å². The van der Waals surface area contributed by atoms with Crippen molar-refractivity contribution >= 4 is 17.5 Å². The third-order valence-electron chi connectivity index (χ3n) is 5.98. The zero-order valence-electron chi connectivity index (χ0n) is 20.4. The van der Waals surface area contributed by atoms with Crippen LogP contribution in [0.15, 0.2) is 78.3 Å². The van der Waals surface area contributed by atoms with Crippen molar-refractivity contribution < 1.29 is 14.3 Å². The van der Waals surface area contributed by atoms with Crippen LogP contribution in [0.1, 0.15) is 24.1 Å². The zero-order chi connectivity index (χ0) is 25.2. The molecule has 0 spiro atoms. The topological polar surface area (TPSA) is 103 Å². The number of allylic oxidation sites excluding steroid dienone is 1. The van der Waals surface area contributed by atoms with E-state index >= 15 is 0 Å². The lowest BCUT2D eigenvalue weighted by Gasteiger charge is -2.28. The second-order valence-corrected chi connectivity index (χ2v) is 8.48. The number of aromatic nitrogens is 4. The Morgan fingerprint density at radius 3 is 2.47 bits per heavy atom. The van der Waals surface area contributed by atoms with Crippen molar-refractivity contribution in [2.24, 2.45) is 0 Å². The van der Waals surface area contributed by atoms with Crippen LogP contribution >= 0.6 is 0 Å². The molecule has 36 heavy (non-hydrogen) atoms. The van der Waals surface area contributed by atoms with Crippen LogP contribution in [0.2, 0.25) is 0 Å². The lowest BCUT2D eigenvalue weighted by atomic mass is 9.94. The lowest BCUT2D eigenvalue weighted by Crippen LogP contribution is -2.31. The van der Waals surface area contributed by atoms with Crippen molar-refractivity contribution in [3.05, 3.63) is 89.4 Å². The Kier molecular flexibility index (Phi) is 6.12. The molecule has 0 saturated carbocycles. The van der Waals surface area contributed by atoms with Crippen molar-refractivity contribution in [2.45, 2.75) is 19.9 Å². The molecule has 2 N–H and O–H groups in total. The molecule has 1 unspecified atom stereocenters. The van der Waals surface area contributed by atoms with E-state index in [-0.39, 0.29) is 5.91 Å². The van der Waals surface area contributed by atoms with Crippen molar-refractivity contribution in [3.8, 4) is 22.9 Å². The predicted octanol–water partition coefficient (Wildman–Crippen LogP) is 4.59. The first kappa shape index (κ1) is 23.1. The van der Waals surface area contributed by atoms with Gasteiger partial charge in [0.05, 0.1) is 31.7 Å². The number of nitrogens with one attached hydrogen (secondary N) is 2. The zero-order valence-corrected chi connectivity index (χ0v) is 20.4. The minimum absolute atomic E-state index is 0.245. The van der Waals surface area contributed by atoms with Gasteiger partial charge in [0.1, 0.15) is 17.5 Å². The molecule has 9 heteroatoms. The van der Waals surface area contributed by atoms with E-state index < -0.39 is 6.04 Å². The van der Waals surface area contributed by atoms with Gasteiger partial charge in [0.25, 0.3) is 5.91 Å². The molecule has 182 valence electrons. The average molecular weight is 483 g/mol. The van der Waals surface area contributed by atoms with E-state index in [2.05, 4.69) is 21.7 Å².